The van der Waals surface area contributed by atoms with Gasteiger partial charge in [0.05, 0.1) is 24.0 Å². The van der Waals surface area contributed by atoms with Gasteiger partial charge in [0.2, 0.25) is 0 Å². The highest BCUT2D eigenvalue weighted by Crippen LogP contribution is 2.15. The monoisotopic (exact) mass is 317 g/mol. The molecule has 24 heavy (non-hydrogen) atoms. The highest BCUT2D eigenvalue weighted by Gasteiger charge is 2.06. The molecule has 0 spiro atoms. The first-order valence-corrected chi connectivity index (χ1v) is 7.60. The molecule has 0 unspecified atom stereocenters. The van der Waals surface area contributed by atoms with Crippen LogP contribution in [-0.4, -0.2) is 24.5 Å². The zero-order valence-corrected chi connectivity index (χ0v) is 13.1. The molecule has 0 aliphatic carbocycles. The largest absolute Gasteiger partial charge is 0.275 e. The van der Waals surface area contributed by atoms with E-state index >= 15 is 0 Å². The van der Waals surface area contributed by atoms with Gasteiger partial charge in [-0.15, -0.1) is 0 Å². The Hall–Kier alpha value is -3.28. The fourth-order valence-corrected chi connectivity index (χ4v) is 2.67. The molecule has 0 bridgehead atoms. The van der Waals surface area contributed by atoms with E-state index in [9.17, 15) is 4.79 Å². The molecule has 0 aliphatic heterocycles. The average molecular weight is 317 g/mol. The molecule has 0 amide bonds. The Morgan fingerprint density at radius 1 is 1.12 bits per heavy atom. The topological polar surface area (TPSA) is 65.6 Å². The molecule has 4 rings (SSSR count). The highest BCUT2D eigenvalue weighted by atomic mass is 16.1. The molecule has 118 valence electrons. The number of hydrogen-bond donors (Lipinski definition) is 0. The first-order valence-electron chi connectivity index (χ1n) is 7.60. The second-order valence-corrected chi connectivity index (χ2v) is 5.65. The van der Waals surface area contributed by atoms with Crippen LogP contribution in [0, 0.1) is 0 Å². The average Bonchev–Trinajstić information content (AvgIpc) is 3.03. The van der Waals surface area contributed by atoms with E-state index < -0.39 is 0 Å². The lowest BCUT2D eigenvalue weighted by atomic mass is 10.1. The van der Waals surface area contributed by atoms with Crippen LogP contribution in [0.3, 0.4) is 0 Å². The number of rotatable bonds is 3. The Morgan fingerprint density at radius 3 is 2.88 bits per heavy atom. The summed E-state index contributed by atoms with van der Waals surface area (Å²) in [6.07, 6.45) is 5.38. The zero-order chi connectivity index (χ0) is 16.5. The molecule has 3 aromatic heterocycles. The van der Waals surface area contributed by atoms with Crippen LogP contribution < -0.4 is 5.56 Å². The number of pyridine rings is 1. The van der Waals surface area contributed by atoms with Crippen molar-refractivity contribution in [1.29, 1.82) is 0 Å². The minimum atomic E-state index is -0.131. The summed E-state index contributed by atoms with van der Waals surface area (Å²) in [5, 5.41) is 9.66. The maximum Gasteiger partial charge on any atom is 0.267 e. The molecule has 4 aromatic rings. The quantitative estimate of drug-likeness (QED) is 0.581. The van der Waals surface area contributed by atoms with Crippen molar-refractivity contribution in [3.05, 3.63) is 77.0 Å². The third-order valence-electron chi connectivity index (χ3n) is 3.87. The van der Waals surface area contributed by atoms with E-state index in [1.165, 1.54) is 10.7 Å². The van der Waals surface area contributed by atoms with E-state index in [2.05, 4.69) is 15.2 Å². The van der Waals surface area contributed by atoms with Crippen LogP contribution in [0.1, 0.15) is 5.56 Å². The van der Waals surface area contributed by atoms with Crippen molar-refractivity contribution < 1.29 is 0 Å². The summed E-state index contributed by atoms with van der Waals surface area (Å²) in [5.41, 5.74) is 3.42. The van der Waals surface area contributed by atoms with Crippen LogP contribution in [0.4, 0.5) is 0 Å². The Balaban J connectivity index is 1.71. The smallest absolute Gasteiger partial charge is 0.267 e. The molecule has 0 radical (unpaired) electrons. The molecule has 0 saturated heterocycles. The summed E-state index contributed by atoms with van der Waals surface area (Å²) < 4.78 is 3.18. The second-order valence-electron chi connectivity index (χ2n) is 5.65. The summed E-state index contributed by atoms with van der Waals surface area (Å²) in [7, 11) is 1.85. The van der Waals surface area contributed by atoms with Crippen molar-refractivity contribution >= 4 is 10.9 Å². The fourth-order valence-electron chi connectivity index (χ4n) is 2.67. The van der Waals surface area contributed by atoms with Gasteiger partial charge in [-0.3, -0.25) is 14.5 Å². The number of nitrogens with zero attached hydrogens (tertiary/aromatic N) is 5. The van der Waals surface area contributed by atoms with Gasteiger partial charge in [-0.1, -0.05) is 12.1 Å². The second kappa shape index (κ2) is 5.73. The molecule has 1 aromatic carbocycles. The summed E-state index contributed by atoms with van der Waals surface area (Å²) >= 11 is 0. The number of aryl methyl sites for hydroxylation is 1. The molecule has 3 heterocycles. The van der Waals surface area contributed by atoms with Gasteiger partial charge in [-0.25, -0.2) is 4.68 Å². The van der Waals surface area contributed by atoms with Crippen molar-refractivity contribution in [2.24, 2.45) is 7.05 Å². The number of aromatic nitrogens is 5. The Kier molecular flexibility index (Phi) is 3.42. The van der Waals surface area contributed by atoms with E-state index in [4.69, 9.17) is 0 Å². The van der Waals surface area contributed by atoms with Crippen molar-refractivity contribution in [2.75, 3.05) is 0 Å². The van der Waals surface area contributed by atoms with E-state index in [0.717, 1.165) is 27.7 Å². The predicted octanol–water partition coefficient (Wildman–Crippen LogP) is 2.24. The summed E-state index contributed by atoms with van der Waals surface area (Å²) in [6.45, 7) is 0.414. The fraction of sp³-hybridized carbons (Fsp3) is 0.111. The normalized spacial score (nSPS) is 11.0. The molecule has 0 atom stereocenters. The van der Waals surface area contributed by atoms with Crippen molar-refractivity contribution in [2.45, 2.75) is 6.54 Å². The van der Waals surface area contributed by atoms with Crippen molar-refractivity contribution in [1.82, 2.24) is 24.5 Å². The van der Waals surface area contributed by atoms with Crippen LogP contribution in [0.2, 0.25) is 0 Å². The zero-order valence-electron chi connectivity index (χ0n) is 13.1. The van der Waals surface area contributed by atoms with Crippen LogP contribution in [0.15, 0.2) is 65.8 Å². The molecule has 0 N–H and O–H groups in total. The SMILES string of the molecule is Cn1cc(-c2ccc(=O)n(Cc3ccc4ncccc4c3)n2)cn1. The number of fused-ring (bicyclic) bond motifs is 1. The van der Waals surface area contributed by atoms with E-state index in [0.29, 0.717) is 6.54 Å². The lowest BCUT2D eigenvalue weighted by Crippen LogP contribution is -2.22. The van der Waals surface area contributed by atoms with Crippen molar-refractivity contribution in [3.63, 3.8) is 0 Å². The first kappa shape index (κ1) is 14.3. The van der Waals surface area contributed by atoms with Gasteiger partial charge in [0.15, 0.2) is 0 Å². The van der Waals surface area contributed by atoms with E-state index in [1.54, 1.807) is 23.1 Å². The number of hydrogen-bond acceptors (Lipinski definition) is 4. The maximum atomic E-state index is 12.1. The lowest BCUT2D eigenvalue weighted by molar-refractivity contribution is 0.643. The van der Waals surface area contributed by atoms with E-state index in [1.807, 2.05) is 43.6 Å². The summed E-state index contributed by atoms with van der Waals surface area (Å²) in [6, 6.07) is 13.1. The Bertz CT molecular complexity index is 1080. The molecule has 0 saturated carbocycles. The van der Waals surface area contributed by atoms with Crippen LogP contribution in [-0.2, 0) is 13.6 Å². The first-order chi connectivity index (χ1) is 11.7. The molecular weight excluding hydrogens is 302 g/mol. The van der Waals surface area contributed by atoms with Gasteiger partial charge in [0.1, 0.15) is 0 Å². The predicted molar refractivity (Wildman–Crippen MR) is 91.5 cm³/mol. The molecule has 0 aliphatic rings. The summed E-state index contributed by atoms with van der Waals surface area (Å²) in [5.74, 6) is 0. The minimum Gasteiger partial charge on any atom is -0.275 e. The third kappa shape index (κ3) is 2.69. The van der Waals surface area contributed by atoms with Crippen molar-refractivity contribution in [3.8, 4) is 11.3 Å². The van der Waals surface area contributed by atoms with Crippen LogP contribution >= 0.6 is 0 Å². The lowest BCUT2D eigenvalue weighted by Gasteiger charge is -2.07. The maximum absolute atomic E-state index is 12.1. The van der Waals surface area contributed by atoms with Gasteiger partial charge >= 0.3 is 0 Å². The number of benzene rings is 1. The van der Waals surface area contributed by atoms with Gasteiger partial charge in [0, 0.05) is 36.5 Å². The summed E-state index contributed by atoms with van der Waals surface area (Å²) in [4.78, 5) is 16.5. The van der Waals surface area contributed by atoms with Gasteiger partial charge in [-0.05, 0) is 29.8 Å². The van der Waals surface area contributed by atoms with Gasteiger partial charge in [-0.2, -0.15) is 10.2 Å². The van der Waals surface area contributed by atoms with E-state index in [-0.39, 0.29) is 5.56 Å². The molecule has 6 heteroatoms. The minimum absolute atomic E-state index is 0.131. The highest BCUT2D eigenvalue weighted by molar-refractivity contribution is 5.78. The van der Waals surface area contributed by atoms with Gasteiger partial charge in [0.25, 0.3) is 5.56 Å². The van der Waals surface area contributed by atoms with Crippen LogP contribution in [0.25, 0.3) is 22.2 Å². The third-order valence-corrected chi connectivity index (χ3v) is 3.87. The van der Waals surface area contributed by atoms with Crippen LogP contribution in [0.5, 0.6) is 0 Å². The molecule has 6 nitrogen and oxygen atoms in total. The van der Waals surface area contributed by atoms with Gasteiger partial charge < -0.3 is 0 Å². The standard InChI is InChI=1S/C18H15N5O/c1-22-12-15(10-20-22)17-6-7-18(24)23(21-17)11-13-4-5-16-14(9-13)3-2-8-19-16/h2-10,12H,11H2,1H3. The Morgan fingerprint density at radius 2 is 2.04 bits per heavy atom. The molecular formula is C18H15N5O. The Labute approximate surface area is 138 Å². The molecule has 0 fully saturated rings.